The fourth-order valence-corrected chi connectivity index (χ4v) is 4.10. The van der Waals surface area contributed by atoms with Crippen molar-refractivity contribution in [2.24, 2.45) is 0 Å². The molecule has 0 amide bonds. The average Bonchev–Trinajstić information content (AvgIpc) is 3.18. The van der Waals surface area contributed by atoms with Crippen LogP contribution >= 0.6 is 11.3 Å². The Morgan fingerprint density at radius 1 is 1.10 bits per heavy atom. The number of carbonyl (C=O) groups excluding carboxylic acids is 2. The molecule has 0 radical (unpaired) electrons. The molecule has 1 aromatic carbocycles. The highest BCUT2D eigenvalue weighted by Gasteiger charge is 2.19. The molecule has 0 saturated heterocycles. The maximum absolute atomic E-state index is 14.0. The third-order valence-electron chi connectivity index (χ3n) is 5.03. The van der Waals surface area contributed by atoms with Crippen LogP contribution in [0, 0.1) is 33.5 Å². The number of hydrogen-bond donors (Lipinski definition) is 0. The molecule has 0 saturated carbocycles. The van der Waals surface area contributed by atoms with E-state index in [1.54, 1.807) is 48.9 Å². The molecule has 2 aromatic heterocycles. The molecule has 3 rings (SSSR count). The molecule has 0 fully saturated rings. The molecular weight excluding hydrogens is 407 g/mol. The molecule has 0 atom stereocenters. The van der Waals surface area contributed by atoms with E-state index in [4.69, 9.17) is 4.74 Å². The van der Waals surface area contributed by atoms with Gasteiger partial charge in [0, 0.05) is 40.3 Å². The first-order valence-corrected chi connectivity index (χ1v) is 10.4. The van der Waals surface area contributed by atoms with Gasteiger partial charge in [0.1, 0.15) is 5.82 Å². The highest BCUT2D eigenvalue weighted by molar-refractivity contribution is 7.07. The molecule has 8 heteroatoms. The quantitative estimate of drug-likeness (QED) is 0.421. The third kappa shape index (κ3) is 4.43. The SMILES string of the molecule is Cc1ccc(-n2c(C)cc(C(=O)COC(=O)CCn3c(C)csc3=O)c2C)cc1F. The average molecular weight is 431 g/mol. The van der Waals surface area contributed by atoms with Gasteiger partial charge in [-0.05, 0) is 51.5 Å². The summed E-state index contributed by atoms with van der Waals surface area (Å²) in [6, 6.07) is 6.62. The fraction of sp³-hybridized carbons (Fsp3) is 0.318. The van der Waals surface area contributed by atoms with Crippen LogP contribution in [0.4, 0.5) is 4.39 Å². The van der Waals surface area contributed by atoms with E-state index in [-0.39, 0.29) is 36.0 Å². The maximum atomic E-state index is 14.0. The second kappa shape index (κ2) is 8.79. The van der Waals surface area contributed by atoms with Gasteiger partial charge in [0.05, 0.1) is 6.42 Å². The number of ketones is 1. The van der Waals surface area contributed by atoms with E-state index in [1.807, 2.05) is 6.92 Å². The van der Waals surface area contributed by atoms with E-state index in [1.165, 1.54) is 10.6 Å². The van der Waals surface area contributed by atoms with Crippen molar-refractivity contribution in [3.05, 3.63) is 73.3 Å². The normalized spacial score (nSPS) is 11.0. The van der Waals surface area contributed by atoms with Crippen molar-refractivity contribution in [1.82, 2.24) is 9.13 Å². The van der Waals surface area contributed by atoms with Crippen molar-refractivity contribution in [3.8, 4) is 5.69 Å². The zero-order valence-corrected chi connectivity index (χ0v) is 18.1. The van der Waals surface area contributed by atoms with Gasteiger partial charge in [-0.15, -0.1) is 0 Å². The van der Waals surface area contributed by atoms with Crippen LogP contribution in [0.3, 0.4) is 0 Å². The number of rotatable bonds is 7. The van der Waals surface area contributed by atoms with Crippen LogP contribution in [0.5, 0.6) is 0 Å². The summed E-state index contributed by atoms with van der Waals surface area (Å²) in [6.07, 6.45) is 0.00637. The summed E-state index contributed by atoms with van der Waals surface area (Å²) in [5.74, 6) is -1.20. The van der Waals surface area contributed by atoms with Crippen molar-refractivity contribution in [2.75, 3.05) is 6.61 Å². The van der Waals surface area contributed by atoms with E-state index < -0.39 is 5.97 Å². The minimum absolute atomic E-state index is 0.00637. The molecule has 0 aliphatic rings. The molecule has 0 spiro atoms. The summed E-state index contributed by atoms with van der Waals surface area (Å²) in [7, 11) is 0. The van der Waals surface area contributed by atoms with Crippen molar-refractivity contribution in [1.29, 1.82) is 0 Å². The van der Waals surface area contributed by atoms with E-state index in [9.17, 15) is 18.8 Å². The topological polar surface area (TPSA) is 70.3 Å². The molecular formula is C22H23FN2O4S. The van der Waals surface area contributed by atoms with Crippen molar-refractivity contribution in [3.63, 3.8) is 0 Å². The van der Waals surface area contributed by atoms with Gasteiger partial charge in [0.2, 0.25) is 5.78 Å². The van der Waals surface area contributed by atoms with Crippen LogP contribution in [-0.4, -0.2) is 27.5 Å². The van der Waals surface area contributed by atoms with E-state index in [2.05, 4.69) is 0 Å². The van der Waals surface area contributed by atoms with Crippen LogP contribution in [0.1, 0.15) is 39.4 Å². The molecule has 3 aromatic rings. The summed E-state index contributed by atoms with van der Waals surface area (Å²) < 4.78 is 22.4. The van der Waals surface area contributed by atoms with Crippen molar-refractivity contribution >= 4 is 23.1 Å². The number of aryl methyl sites for hydroxylation is 3. The van der Waals surface area contributed by atoms with Gasteiger partial charge in [0.25, 0.3) is 0 Å². The summed E-state index contributed by atoms with van der Waals surface area (Å²) in [5.41, 5.74) is 3.81. The minimum atomic E-state index is -0.546. The molecule has 0 unspecified atom stereocenters. The Morgan fingerprint density at radius 3 is 2.47 bits per heavy atom. The lowest BCUT2D eigenvalue weighted by Crippen LogP contribution is -2.20. The Hall–Kier alpha value is -3.00. The molecule has 0 N–H and O–H groups in total. The van der Waals surface area contributed by atoms with E-state index >= 15 is 0 Å². The highest BCUT2D eigenvalue weighted by Crippen LogP contribution is 2.23. The maximum Gasteiger partial charge on any atom is 0.308 e. The molecule has 0 bridgehead atoms. The first-order chi connectivity index (χ1) is 14.2. The fourth-order valence-electron chi connectivity index (χ4n) is 3.34. The first-order valence-electron chi connectivity index (χ1n) is 9.48. The lowest BCUT2D eigenvalue weighted by molar-refractivity contribution is -0.142. The number of halogens is 1. The Morgan fingerprint density at radius 2 is 1.83 bits per heavy atom. The third-order valence-corrected chi connectivity index (χ3v) is 5.91. The van der Waals surface area contributed by atoms with Gasteiger partial charge in [-0.2, -0.15) is 0 Å². The monoisotopic (exact) mass is 430 g/mol. The zero-order valence-electron chi connectivity index (χ0n) is 17.3. The van der Waals surface area contributed by atoms with Crippen molar-refractivity contribution < 1.29 is 18.7 Å². The van der Waals surface area contributed by atoms with Crippen molar-refractivity contribution in [2.45, 2.75) is 40.7 Å². The number of nitrogens with zero attached hydrogens (tertiary/aromatic N) is 2. The number of carbonyl (C=O) groups is 2. The molecule has 2 heterocycles. The number of benzene rings is 1. The molecule has 30 heavy (non-hydrogen) atoms. The second-order valence-electron chi connectivity index (χ2n) is 7.18. The highest BCUT2D eigenvalue weighted by atomic mass is 32.1. The van der Waals surface area contributed by atoms with Gasteiger partial charge in [-0.3, -0.25) is 14.4 Å². The van der Waals surface area contributed by atoms with Crippen LogP contribution in [-0.2, 0) is 16.1 Å². The Balaban J connectivity index is 1.66. The number of Topliss-reactive ketones (excluding diaryl/α,β-unsaturated/α-hetero) is 1. The summed E-state index contributed by atoms with van der Waals surface area (Å²) in [5, 5.41) is 1.73. The smallest absolute Gasteiger partial charge is 0.308 e. The van der Waals surface area contributed by atoms with Crippen LogP contribution < -0.4 is 4.87 Å². The predicted molar refractivity (Wildman–Crippen MR) is 113 cm³/mol. The van der Waals surface area contributed by atoms with Crippen LogP contribution in [0.2, 0.25) is 0 Å². The predicted octanol–water partition coefficient (Wildman–Crippen LogP) is 3.89. The molecule has 0 aliphatic carbocycles. The van der Waals surface area contributed by atoms with Gasteiger partial charge in [-0.1, -0.05) is 17.4 Å². The summed E-state index contributed by atoms with van der Waals surface area (Å²) in [6.45, 7) is 6.91. The standard InChI is InChI=1S/C22H23FN2O4S/c1-13-5-6-17(10-19(13)23)25-14(2)9-18(16(25)4)20(26)11-29-21(27)7-8-24-15(3)12-30-22(24)28/h5-6,9-10,12H,7-8,11H2,1-4H3. The second-order valence-corrected chi connectivity index (χ2v) is 8.00. The Bertz CT molecular complexity index is 1170. The number of ether oxygens (including phenoxy) is 1. The first kappa shape index (κ1) is 21.7. The Kier molecular flexibility index (Phi) is 6.36. The number of hydrogen-bond acceptors (Lipinski definition) is 5. The van der Waals surface area contributed by atoms with Gasteiger partial charge < -0.3 is 13.9 Å². The Labute approximate surface area is 177 Å². The van der Waals surface area contributed by atoms with Crippen LogP contribution in [0.25, 0.3) is 5.69 Å². The van der Waals surface area contributed by atoms with E-state index in [0.717, 1.165) is 22.7 Å². The van der Waals surface area contributed by atoms with Gasteiger partial charge >= 0.3 is 10.8 Å². The number of thiazole rings is 1. The lowest BCUT2D eigenvalue weighted by atomic mass is 10.1. The molecule has 0 aliphatic heterocycles. The zero-order chi connectivity index (χ0) is 22.0. The van der Waals surface area contributed by atoms with Gasteiger partial charge in [-0.25, -0.2) is 4.39 Å². The summed E-state index contributed by atoms with van der Waals surface area (Å²) >= 11 is 1.08. The van der Waals surface area contributed by atoms with Gasteiger partial charge in [0.15, 0.2) is 6.61 Å². The molecule has 6 nitrogen and oxygen atoms in total. The van der Waals surface area contributed by atoms with E-state index in [0.29, 0.717) is 22.5 Å². The minimum Gasteiger partial charge on any atom is -0.457 e. The van der Waals surface area contributed by atoms with Crippen LogP contribution in [0.15, 0.2) is 34.4 Å². The summed E-state index contributed by atoms with van der Waals surface area (Å²) in [4.78, 5) is 36.2. The lowest BCUT2D eigenvalue weighted by Gasteiger charge is -2.11. The number of esters is 1. The number of aromatic nitrogens is 2. The largest absolute Gasteiger partial charge is 0.457 e. The molecule has 158 valence electrons.